The summed E-state index contributed by atoms with van der Waals surface area (Å²) in [5, 5.41) is -0.573. The van der Waals surface area contributed by atoms with E-state index in [1.165, 1.54) is 6.92 Å². The average Bonchev–Trinajstić information content (AvgIpc) is 2.81. The topological polar surface area (TPSA) is 69.7 Å². The highest BCUT2D eigenvalue weighted by Gasteiger charge is 2.71. The Hall–Kier alpha value is -0.760. The van der Waals surface area contributed by atoms with Crippen molar-refractivity contribution in [1.82, 2.24) is 0 Å². The second kappa shape index (κ2) is 3.46. The lowest BCUT2D eigenvalue weighted by Crippen LogP contribution is -2.50. The molecule has 0 amide bonds. The second-order valence-corrected chi connectivity index (χ2v) is 7.63. The first-order valence-corrected chi connectivity index (χ1v) is 7.56. The Balaban J connectivity index is 1.90. The summed E-state index contributed by atoms with van der Waals surface area (Å²) in [4.78, 5) is 11.4. The predicted octanol–water partition coefficient (Wildman–Crippen LogP) is 1.08. The van der Waals surface area contributed by atoms with Crippen LogP contribution in [0.25, 0.3) is 0 Å². The van der Waals surface area contributed by atoms with Gasteiger partial charge in [-0.2, -0.15) is 17.2 Å². The fourth-order valence-corrected chi connectivity index (χ4v) is 5.54. The van der Waals surface area contributed by atoms with E-state index in [0.29, 0.717) is 19.8 Å². The first-order valence-electron chi connectivity index (χ1n) is 6.09. The Morgan fingerprint density at radius 2 is 2.05 bits per heavy atom. The van der Waals surface area contributed by atoms with Gasteiger partial charge in [0.2, 0.25) is 0 Å². The third kappa shape index (κ3) is 1.65. The second-order valence-electron chi connectivity index (χ2n) is 5.84. The molecule has 3 aliphatic rings. The molecule has 2 aliphatic carbocycles. The van der Waals surface area contributed by atoms with Gasteiger partial charge in [-0.1, -0.05) is 0 Å². The Labute approximate surface area is 109 Å². The molecule has 1 heterocycles. The molecule has 2 saturated carbocycles. The molecular formula is C11H14F2O5S. The van der Waals surface area contributed by atoms with Gasteiger partial charge in [-0.3, -0.25) is 4.18 Å². The summed E-state index contributed by atoms with van der Waals surface area (Å²) in [6, 6.07) is 0. The first kappa shape index (κ1) is 13.2. The molecule has 1 aliphatic heterocycles. The molecule has 0 N–H and O–H groups in total. The highest BCUT2D eigenvalue weighted by atomic mass is 32.2. The van der Waals surface area contributed by atoms with Gasteiger partial charge in [-0.25, -0.2) is 4.79 Å². The lowest BCUT2D eigenvalue weighted by atomic mass is 9.83. The molecule has 19 heavy (non-hydrogen) atoms. The Kier molecular flexibility index (Phi) is 2.41. The molecular weight excluding hydrogens is 282 g/mol. The molecule has 8 heteroatoms. The van der Waals surface area contributed by atoms with E-state index in [0.717, 1.165) is 0 Å². The zero-order valence-corrected chi connectivity index (χ0v) is 11.2. The molecule has 3 rings (SSSR count). The van der Waals surface area contributed by atoms with Crippen molar-refractivity contribution in [3.63, 3.8) is 0 Å². The van der Waals surface area contributed by atoms with Gasteiger partial charge in [0.25, 0.3) is 10.1 Å². The van der Waals surface area contributed by atoms with Crippen LogP contribution >= 0.6 is 0 Å². The summed E-state index contributed by atoms with van der Waals surface area (Å²) in [6.45, 7) is 1.95. The van der Waals surface area contributed by atoms with Crippen molar-refractivity contribution in [3.8, 4) is 0 Å². The molecule has 5 unspecified atom stereocenters. The molecule has 5 nitrogen and oxygen atoms in total. The molecule has 0 aromatic heterocycles. The number of hydrogen-bond acceptors (Lipinski definition) is 5. The quantitative estimate of drug-likeness (QED) is 0.563. The van der Waals surface area contributed by atoms with Crippen LogP contribution < -0.4 is 0 Å². The fourth-order valence-electron chi connectivity index (χ4n) is 3.62. The van der Waals surface area contributed by atoms with E-state index < -0.39 is 39.0 Å². The van der Waals surface area contributed by atoms with Gasteiger partial charge >= 0.3 is 11.9 Å². The smallest absolute Gasteiger partial charge is 0.377 e. The van der Waals surface area contributed by atoms with E-state index in [2.05, 4.69) is 0 Å². The van der Waals surface area contributed by atoms with Crippen molar-refractivity contribution in [2.24, 2.45) is 11.8 Å². The molecule has 0 aromatic carbocycles. The number of carbonyl (C=O) groups excluding carboxylic acids is 1. The minimum Gasteiger partial charge on any atom is -0.452 e. The number of fused-ring (bicyclic) bond motifs is 1. The third-order valence-corrected chi connectivity index (χ3v) is 6.35. The van der Waals surface area contributed by atoms with E-state index in [1.807, 2.05) is 0 Å². The van der Waals surface area contributed by atoms with Crippen molar-refractivity contribution in [2.45, 2.75) is 49.6 Å². The van der Waals surface area contributed by atoms with Crippen molar-refractivity contribution >= 4 is 16.1 Å². The number of halogens is 2. The van der Waals surface area contributed by atoms with Crippen LogP contribution in [0.5, 0.6) is 0 Å². The van der Waals surface area contributed by atoms with Gasteiger partial charge in [-0.15, -0.1) is 0 Å². The Bertz CT molecular complexity index is 540. The van der Waals surface area contributed by atoms with Crippen LogP contribution in [0.3, 0.4) is 0 Å². The maximum Gasteiger partial charge on any atom is 0.377 e. The average molecular weight is 296 g/mol. The van der Waals surface area contributed by atoms with Crippen molar-refractivity contribution < 1.29 is 30.9 Å². The normalized spacial score (nSPS) is 46.5. The number of alkyl halides is 2. The number of carbonyl (C=O) groups is 1. The van der Waals surface area contributed by atoms with Crippen LogP contribution in [0, 0.1) is 11.8 Å². The summed E-state index contributed by atoms with van der Waals surface area (Å²) >= 11 is 0. The number of hydrogen-bond donors (Lipinski definition) is 0. The highest BCUT2D eigenvalue weighted by molar-refractivity contribution is 7.87. The fraction of sp³-hybridized carbons (Fsp3) is 0.909. The summed E-state index contributed by atoms with van der Waals surface area (Å²) in [7, 11) is -3.65. The van der Waals surface area contributed by atoms with Crippen molar-refractivity contribution in [2.75, 3.05) is 0 Å². The zero-order chi connectivity index (χ0) is 14.2. The van der Waals surface area contributed by atoms with Crippen LogP contribution in [-0.2, 0) is 23.8 Å². The Morgan fingerprint density at radius 3 is 2.63 bits per heavy atom. The third-order valence-electron chi connectivity index (χ3n) is 4.60. The largest absolute Gasteiger partial charge is 0.452 e. The van der Waals surface area contributed by atoms with Crippen LogP contribution in [0.1, 0.15) is 26.7 Å². The monoisotopic (exact) mass is 296 g/mol. The maximum atomic E-state index is 12.9. The van der Waals surface area contributed by atoms with Crippen LogP contribution in [0.15, 0.2) is 0 Å². The number of ether oxygens (including phenoxy) is 1. The maximum absolute atomic E-state index is 12.9. The molecule has 1 saturated heterocycles. The van der Waals surface area contributed by atoms with Crippen LogP contribution in [-0.4, -0.2) is 37.3 Å². The Morgan fingerprint density at radius 1 is 1.42 bits per heavy atom. The summed E-state index contributed by atoms with van der Waals surface area (Å²) in [5.74, 6) is -5.72. The minimum absolute atomic E-state index is 0.240. The van der Waals surface area contributed by atoms with Gasteiger partial charge in [0.1, 0.15) is 11.7 Å². The summed E-state index contributed by atoms with van der Waals surface area (Å²) < 4.78 is 59.3. The molecule has 2 bridgehead atoms. The van der Waals surface area contributed by atoms with Crippen molar-refractivity contribution in [3.05, 3.63) is 0 Å². The van der Waals surface area contributed by atoms with E-state index >= 15 is 0 Å². The van der Waals surface area contributed by atoms with Gasteiger partial charge in [-0.05, 0) is 19.8 Å². The van der Waals surface area contributed by atoms with E-state index in [1.54, 1.807) is 0 Å². The summed E-state index contributed by atoms with van der Waals surface area (Å²) in [6.07, 6.45) is 0.0171. The van der Waals surface area contributed by atoms with Gasteiger partial charge in [0, 0.05) is 18.8 Å². The van der Waals surface area contributed by atoms with Gasteiger partial charge in [0.15, 0.2) is 0 Å². The number of esters is 1. The molecule has 5 atom stereocenters. The van der Waals surface area contributed by atoms with Gasteiger partial charge < -0.3 is 4.74 Å². The van der Waals surface area contributed by atoms with Crippen molar-refractivity contribution in [1.29, 1.82) is 0 Å². The zero-order valence-electron chi connectivity index (χ0n) is 10.4. The lowest BCUT2D eigenvalue weighted by Gasteiger charge is -2.36. The van der Waals surface area contributed by atoms with E-state index in [9.17, 15) is 22.0 Å². The van der Waals surface area contributed by atoms with Crippen LogP contribution in [0.2, 0.25) is 0 Å². The molecule has 108 valence electrons. The lowest BCUT2D eigenvalue weighted by molar-refractivity contribution is -0.197. The number of rotatable bonds is 2. The SMILES string of the molecule is CC(F)(F)C(=O)OC1(C)C2CC3C1OS(=O)(=O)C3C2. The van der Waals surface area contributed by atoms with E-state index in [-0.39, 0.29) is 11.8 Å². The molecule has 0 aromatic rings. The van der Waals surface area contributed by atoms with E-state index in [4.69, 9.17) is 8.92 Å². The minimum atomic E-state index is -3.65. The summed E-state index contributed by atoms with van der Waals surface area (Å²) in [5.41, 5.74) is -1.28. The first-order chi connectivity index (χ1) is 8.56. The molecule has 0 spiro atoms. The molecule has 3 fully saturated rings. The standard InChI is InChI=1S/C11H14F2O5S/c1-10(17-9(14)11(2,12)13)5-3-6-7(4-5)19(15,16)18-8(6)10/h5-8H,3-4H2,1-2H3. The molecule has 0 radical (unpaired) electrons. The highest BCUT2D eigenvalue weighted by Crippen LogP contribution is 2.60. The van der Waals surface area contributed by atoms with Gasteiger partial charge in [0.05, 0.1) is 5.25 Å². The van der Waals surface area contributed by atoms with Crippen LogP contribution in [0.4, 0.5) is 8.78 Å². The predicted molar refractivity (Wildman–Crippen MR) is 58.9 cm³/mol.